The van der Waals surface area contributed by atoms with E-state index in [0.717, 1.165) is 44.9 Å². The van der Waals surface area contributed by atoms with Crippen LogP contribution < -0.4 is 0 Å². The van der Waals surface area contributed by atoms with Gasteiger partial charge in [0.25, 0.3) is 0 Å². The standard InChI is InChI=1S/C30H56O5/c1-3-5-7-9-10-11-12-13-14-15-16-17-18-19-20-21-23-25-30(33)35-28(26-31)27-34-29(32)24-22-8-6-4-2/h13-14,28,31H,3-12,15-27H2,1-2H3/b14-13-. The number of esters is 2. The summed E-state index contributed by atoms with van der Waals surface area (Å²) in [7, 11) is 0. The second-order valence-corrected chi connectivity index (χ2v) is 9.83. The second kappa shape index (κ2) is 27.2. The summed E-state index contributed by atoms with van der Waals surface area (Å²) in [5, 5.41) is 9.38. The zero-order valence-corrected chi connectivity index (χ0v) is 23.1. The van der Waals surface area contributed by atoms with Crippen LogP contribution in [0.15, 0.2) is 12.2 Å². The molecule has 1 unspecified atom stereocenters. The monoisotopic (exact) mass is 496 g/mol. The predicted octanol–water partition coefficient (Wildman–Crippen LogP) is 8.22. The molecule has 0 saturated carbocycles. The Hall–Kier alpha value is -1.36. The van der Waals surface area contributed by atoms with Gasteiger partial charge in [-0.2, -0.15) is 0 Å². The summed E-state index contributed by atoms with van der Waals surface area (Å²) in [6, 6.07) is 0. The number of aliphatic hydroxyl groups excluding tert-OH is 1. The van der Waals surface area contributed by atoms with Gasteiger partial charge in [0, 0.05) is 12.8 Å². The molecule has 0 amide bonds. The Morgan fingerprint density at radius 1 is 0.629 bits per heavy atom. The van der Waals surface area contributed by atoms with E-state index in [0.29, 0.717) is 12.8 Å². The molecule has 0 aliphatic rings. The van der Waals surface area contributed by atoms with E-state index in [2.05, 4.69) is 26.0 Å². The number of unbranched alkanes of at least 4 members (excludes halogenated alkanes) is 16. The lowest BCUT2D eigenvalue weighted by atomic mass is 10.1. The van der Waals surface area contributed by atoms with Crippen molar-refractivity contribution in [2.24, 2.45) is 0 Å². The van der Waals surface area contributed by atoms with Crippen LogP contribution in [0.4, 0.5) is 0 Å². The molecular formula is C30H56O5. The molecule has 0 aromatic heterocycles. The molecule has 0 aromatic carbocycles. The molecule has 0 aliphatic carbocycles. The van der Waals surface area contributed by atoms with Gasteiger partial charge in [0.1, 0.15) is 6.61 Å². The van der Waals surface area contributed by atoms with E-state index in [1.807, 2.05) is 0 Å². The van der Waals surface area contributed by atoms with Crippen LogP contribution in [-0.2, 0) is 19.1 Å². The summed E-state index contributed by atoms with van der Waals surface area (Å²) in [5.74, 6) is -0.615. The SMILES string of the molecule is CCCCCCCC/C=C\CCCCCCCCCC(=O)OC(CO)COC(=O)CCCCCC. The highest BCUT2D eigenvalue weighted by Gasteiger charge is 2.16. The molecule has 0 rings (SSSR count). The molecular weight excluding hydrogens is 440 g/mol. The van der Waals surface area contributed by atoms with Crippen molar-refractivity contribution >= 4 is 11.9 Å². The largest absolute Gasteiger partial charge is 0.462 e. The normalized spacial score (nSPS) is 12.2. The van der Waals surface area contributed by atoms with E-state index in [-0.39, 0.29) is 25.2 Å². The zero-order valence-electron chi connectivity index (χ0n) is 23.1. The van der Waals surface area contributed by atoms with Crippen molar-refractivity contribution < 1.29 is 24.2 Å². The Balaban J connectivity index is 3.52. The van der Waals surface area contributed by atoms with Gasteiger partial charge < -0.3 is 14.6 Å². The summed E-state index contributed by atoms with van der Waals surface area (Å²) in [6.07, 6.45) is 27.3. The van der Waals surface area contributed by atoms with Crippen LogP contribution in [0.25, 0.3) is 0 Å². The topological polar surface area (TPSA) is 72.8 Å². The minimum atomic E-state index is -0.762. The Morgan fingerprint density at radius 3 is 1.57 bits per heavy atom. The lowest BCUT2D eigenvalue weighted by Crippen LogP contribution is -2.28. The van der Waals surface area contributed by atoms with E-state index in [1.54, 1.807) is 0 Å². The predicted molar refractivity (Wildman–Crippen MR) is 145 cm³/mol. The average Bonchev–Trinajstić information content (AvgIpc) is 2.86. The van der Waals surface area contributed by atoms with Gasteiger partial charge in [-0.3, -0.25) is 9.59 Å². The highest BCUT2D eigenvalue weighted by Crippen LogP contribution is 2.12. The third-order valence-corrected chi connectivity index (χ3v) is 6.31. The maximum absolute atomic E-state index is 12.0. The Kier molecular flexibility index (Phi) is 26.2. The van der Waals surface area contributed by atoms with Crippen LogP contribution in [0.3, 0.4) is 0 Å². The summed E-state index contributed by atoms with van der Waals surface area (Å²) >= 11 is 0. The number of hydrogen-bond donors (Lipinski definition) is 1. The first-order valence-electron chi connectivity index (χ1n) is 14.7. The lowest BCUT2D eigenvalue weighted by Gasteiger charge is -2.15. The molecule has 0 fully saturated rings. The van der Waals surface area contributed by atoms with Crippen molar-refractivity contribution in [3.05, 3.63) is 12.2 Å². The van der Waals surface area contributed by atoms with E-state index in [9.17, 15) is 14.7 Å². The van der Waals surface area contributed by atoms with Gasteiger partial charge in [-0.25, -0.2) is 0 Å². The average molecular weight is 497 g/mol. The number of allylic oxidation sites excluding steroid dienone is 2. The van der Waals surface area contributed by atoms with Gasteiger partial charge in [0.05, 0.1) is 6.61 Å². The number of carbonyl (C=O) groups is 2. The first-order valence-corrected chi connectivity index (χ1v) is 14.7. The number of hydrogen-bond acceptors (Lipinski definition) is 5. The van der Waals surface area contributed by atoms with Gasteiger partial charge >= 0.3 is 11.9 Å². The van der Waals surface area contributed by atoms with Gasteiger partial charge in [-0.05, 0) is 38.5 Å². The van der Waals surface area contributed by atoms with Crippen LogP contribution in [-0.4, -0.2) is 36.4 Å². The molecule has 0 saturated heterocycles. The molecule has 0 heterocycles. The summed E-state index contributed by atoms with van der Waals surface area (Å²) < 4.78 is 10.4. The third kappa shape index (κ3) is 25.5. The van der Waals surface area contributed by atoms with Crippen molar-refractivity contribution in [1.29, 1.82) is 0 Å². The van der Waals surface area contributed by atoms with Crippen LogP contribution in [0, 0.1) is 0 Å². The van der Waals surface area contributed by atoms with Crippen LogP contribution in [0.2, 0.25) is 0 Å². The van der Waals surface area contributed by atoms with Crippen LogP contribution in [0.5, 0.6) is 0 Å². The molecule has 0 spiro atoms. The van der Waals surface area contributed by atoms with Gasteiger partial charge in [0.15, 0.2) is 6.10 Å². The summed E-state index contributed by atoms with van der Waals surface area (Å²) in [6.45, 7) is 3.99. The number of rotatable bonds is 26. The van der Waals surface area contributed by atoms with Crippen LogP contribution in [0.1, 0.15) is 149 Å². The van der Waals surface area contributed by atoms with E-state index < -0.39 is 6.10 Å². The Bertz CT molecular complexity index is 503. The first kappa shape index (κ1) is 33.6. The summed E-state index contributed by atoms with van der Waals surface area (Å²) in [5.41, 5.74) is 0. The van der Waals surface area contributed by atoms with Crippen LogP contribution >= 0.6 is 0 Å². The minimum Gasteiger partial charge on any atom is -0.462 e. The molecule has 1 N–H and O–H groups in total. The Morgan fingerprint density at radius 2 is 1.06 bits per heavy atom. The fourth-order valence-corrected chi connectivity index (χ4v) is 4.02. The second-order valence-electron chi connectivity index (χ2n) is 9.83. The third-order valence-electron chi connectivity index (χ3n) is 6.31. The first-order chi connectivity index (χ1) is 17.1. The number of aliphatic hydroxyl groups is 1. The van der Waals surface area contributed by atoms with Crippen molar-refractivity contribution in [3.63, 3.8) is 0 Å². The summed E-state index contributed by atoms with van der Waals surface area (Å²) in [4.78, 5) is 23.7. The van der Waals surface area contributed by atoms with Crippen molar-refractivity contribution in [3.8, 4) is 0 Å². The molecule has 0 aliphatic heterocycles. The van der Waals surface area contributed by atoms with Crippen molar-refractivity contribution in [2.75, 3.05) is 13.2 Å². The van der Waals surface area contributed by atoms with Gasteiger partial charge in [-0.1, -0.05) is 109 Å². The van der Waals surface area contributed by atoms with Gasteiger partial charge in [0.2, 0.25) is 0 Å². The molecule has 0 aromatic rings. The van der Waals surface area contributed by atoms with Crippen molar-refractivity contribution in [1.82, 2.24) is 0 Å². The fraction of sp³-hybridized carbons (Fsp3) is 0.867. The molecule has 35 heavy (non-hydrogen) atoms. The Labute approximate surface area is 216 Å². The molecule has 0 bridgehead atoms. The quantitative estimate of drug-likeness (QED) is 0.0741. The van der Waals surface area contributed by atoms with E-state index in [1.165, 1.54) is 77.0 Å². The maximum atomic E-state index is 12.0. The fourth-order valence-electron chi connectivity index (χ4n) is 4.02. The molecule has 5 heteroatoms. The minimum absolute atomic E-state index is 0.0664. The lowest BCUT2D eigenvalue weighted by molar-refractivity contribution is -0.161. The van der Waals surface area contributed by atoms with Crippen molar-refractivity contribution in [2.45, 2.75) is 155 Å². The van der Waals surface area contributed by atoms with E-state index >= 15 is 0 Å². The molecule has 1 atom stereocenters. The van der Waals surface area contributed by atoms with E-state index in [4.69, 9.17) is 9.47 Å². The molecule has 0 radical (unpaired) electrons. The highest BCUT2D eigenvalue weighted by molar-refractivity contribution is 5.70. The smallest absolute Gasteiger partial charge is 0.306 e. The number of carbonyl (C=O) groups excluding carboxylic acids is 2. The zero-order chi connectivity index (χ0) is 25.8. The highest BCUT2D eigenvalue weighted by atomic mass is 16.6. The number of ether oxygens (including phenoxy) is 2. The maximum Gasteiger partial charge on any atom is 0.306 e. The van der Waals surface area contributed by atoms with Gasteiger partial charge in [-0.15, -0.1) is 0 Å². The molecule has 206 valence electrons. The molecule has 5 nitrogen and oxygen atoms in total.